The first-order valence-corrected chi connectivity index (χ1v) is 11.0. The highest BCUT2D eigenvalue weighted by atomic mass is 35.5. The fourth-order valence-electron chi connectivity index (χ4n) is 4.83. The molecule has 0 spiro atoms. The molecule has 2 aliphatic rings. The van der Waals surface area contributed by atoms with E-state index >= 15 is 0 Å². The number of allylic oxidation sites excluding steroid dienone is 1. The van der Waals surface area contributed by atoms with E-state index in [1.54, 1.807) is 13.2 Å². The monoisotopic (exact) mass is 451 g/mol. The molecule has 3 aromatic carbocycles. The quantitative estimate of drug-likeness (QED) is 0.431. The van der Waals surface area contributed by atoms with Gasteiger partial charge in [-0.3, -0.25) is 0 Å². The lowest BCUT2D eigenvalue weighted by Gasteiger charge is -2.37. The Kier molecular flexibility index (Phi) is 4.72. The number of halogens is 2. The van der Waals surface area contributed by atoms with Gasteiger partial charge in [-0.2, -0.15) is 0 Å². The fraction of sp³-hybridized carbons (Fsp3) is 0.231. The van der Waals surface area contributed by atoms with Crippen LogP contribution in [0.4, 0.5) is 5.69 Å². The Hall–Kier alpha value is -2.62. The summed E-state index contributed by atoms with van der Waals surface area (Å²) in [5.41, 5.74) is 7.36. The average Bonchev–Trinajstić information content (AvgIpc) is 2.70. The van der Waals surface area contributed by atoms with Gasteiger partial charge in [-0.25, -0.2) is 0 Å². The molecule has 2 heterocycles. The summed E-state index contributed by atoms with van der Waals surface area (Å²) < 4.78 is 12.3. The molecular formula is C26H23Cl2NO2. The lowest BCUT2D eigenvalue weighted by Crippen LogP contribution is -2.32. The van der Waals surface area contributed by atoms with E-state index in [4.69, 9.17) is 32.7 Å². The summed E-state index contributed by atoms with van der Waals surface area (Å²) in [5, 5.41) is 4.82. The number of rotatable bonds is 2. The Morgan fingerprint density at radius 2 is 1.74 bits per heavy atom. The fourth-order valence-corrected chi connectivity index (χ4v) is 5.37. The van der Waals surface area contributed by atoms with Crippen molar-refractivity contribution < 1.29 is 9.47 Å². The smallest absolute Gasteiger partial charge is 0.150 e. The summed E-state index contributed by atoms with van der Waals surface area (Å²) in [6.45, 7) is 6.49. The standard InChI is InChI=1S/C26H23Cl2NO2/c1-14-13-26(2,3)29-19-9-8-18-23-20(30-4)6-5-7-21(23)31-25(24(18)22(14)19)15-10-16(27)12-17(28)11-15/h5-13,25,29H,1-4H3/t25-/m1/s1. The molecule has 0 saturated heterocycles. The maximum Gasteiger partial charge on any atom is 0.150 e. The van der Waals surface area contributed by atoms with Gasteiger partial charge in [0.05, 0.1) is 18.2 Å². The normalized spacial score (nSPS) is 18.0. The van der Waals surface area contributed by atoms with Crippen molar-refractivity contribution in [3.8, 4) is 22.6 Å². The van der Waals surface area contributed by atoms with Crippen LogP contribution >= 0.6 is 23.2 Å². The van der Waals surface area contributed by atoms with Crippen molar-refractivity contribution in [2.45, 2.75) is 32.4 Å². The average molecular weight is 452 g/mol. The number of hydrogen-bond acceptors (Lipinski definition) is 3. The Morgan fingerprint density at radius 3 is 2.45 bits per heavy atom. The third-order valence-corrected chi connectivity index (χ3v) is 6.28. The molecule has 0 aliphatic carbocycles. The van der Waals surface area contributed by atoms with Crippen LogP contribution in [0.5, 0.6) is 11.5 Å². The Bertz CT molecular complexity index is 1230. The molecule has 3 aromatic rings. The number of hydrogen-bond donors (Lipinski definition) is 1. The van der Waals surface area contributed by atoms with Crippen molar-refractivity contribution in [3.05, 3.63) is 81.3 Å². The third kappa shape index (κ3) is 3.37. The predicted octanol–water partition coefficient (Wildman–Crippen LogP) is 7.76. The van der Waals surface area contributed by atoms with Crippen molar-refractivity contribution in [2.75, 3.05) is 12.4 Å². The Balaban J connectivity index is 1.84. The van der Waals surface area contributed by atoms with Gasteiger partial charge in [-0.1, -0.05) is 41.4 Å². The predicted molar refractivity (Wildman–Crippen MR) is 129 cm³/mol. The third-order valence-electron chi connectivity index (χ3n) is 5.85. The molecule has 5 rings (SSSR count). The highest BCUT2D eigenvalue weighted by Crippen LogP contribution is 2.53. The van der Waals surface area contributed by atoms with E-state index in [9.17, 15) is 0 Å². The van der Waals surface area contributed by atoms with E-state index in [0.29, 0.717) is 10.0 Å². The molecule has 0 radical (unpaired) electrons. The number of methoxy groups -OCH3 is 1. The topological polar surface area (TPSA) is 30.5 Å². The minimum Gasteiger partial charge on any atom is -0.496 e. The maximum absolute atomic E-state index is 6.61. The lowest BCUT2D eigenvalue weighted by molar-refractivity contribution is 0.242. The second kappa shape index (κ2) is 7.22. The Morgan fingerprint density at radius 1 is 1.00 bits per heavy atom. The first-order valence-electron chi connectivity index (χ1n) is 10.2. The van der Waals surface area contributed by atoms with Crippen molar-refractivity contribution in [1.82, 2.24) is 0 Å². The second-order valence-electron chi connectivity index (χ2n) is 8.66. The summed E-state index contributed by atoms with van der Waals surface area (Å²) in [6, 6.07) is 15.8. The van der Waals surface area contributed by atoms with Crippen LogP contribution < -0.4 is 14.8 Å². The lowest BCUT2D eigenvalue weighted by atomic mass is 9.80. The van der Waals surface area contributed by atoms with Crippen LogP contribution in [-0.2, 0) is 0 Å². The summed E-state index contributed by atoms with van der Waals surface area (Å²) in [5.74, 6) is 1.56. The van der Waals surface area contributed by atoms with Crippen molar-refractivity contribution in [3.63, 3.8) is 0 Å². The largest absolute Gasteiger partial charge is 0.496 e. The van der Waals surface area contributed by atoms with Crippen LogP contribution in [0.15, 0.2) is 54.6 Å². The molecule has 5 heteroatoms. The molecule has 0 bridgehead atoms. The van der Waals surface area contributed by atoms with E-state index in [-0.39, 0.29) is 11.6 Å². The van der Waals surface area contributed by atoms with Gasteiger partial charge in [0.15, 0.2) is 6.10 Å². The molecule has 0 saturated carbocycles. The zero-order valence-electron chi connectivity index (χ0n) is 17.8. The van der Waals surface area contributed by atoms with E-state index in [0.717, 1.165) is 45.0 Å². The van der Waals surface area contributed by atoms with Crippen molar-refractivity contribution in [1.29, 1.82) is 0 Å². The van der Waals surface area contributed by atoms with Crippen molar-refractivity contribution in [2.24, 2.45) is 0 Å². The molecule has 0 unspecified atom stereocenters. The first kappa shape index (κ1) is 20.3. The summed E-state index contributed by atoms with van der Waals surface area (Å²) in [4.78, 5) is 0. The van der Waals surface area contributed by atoms with E-state index in [1.807, 2.05) is 30.3 Å². The summed E-state index contributed by atoms with van der Waals surface area (Å²) in [7, 11) is 1.69. The molecule has 3 nitrogen and oxygen atoms in total. The number of anilines is 1. The van der Waals surface area contributed by atoms with Crippen LogP contribution in [0.3, 0.4) is 0 Å². The molecular weight excluding hydrogens is 429 g/mol. The highest BCUT2D eigenvalue weighted by molar-refractivity contribution is 6.34. The SMILES string of the molecule is COc1cccc2c1-c1ccc3c(c1[C@@H](c1cc(Cl)cc(Cl)c1)O2)C(C)=CC(C)(C)N3. The first-order chi connectivity index (χ1) is 14.8. The van der Waals surface area contributed by atoms with Gasteiger partial charge in [0.2, 0.25) is 0 Å². The van der Waals surface area contributed by atoms with Gasteiger partial charge < -0.3 is 14.8 Å². The maximum atomic E-state index is 6.61. The molecule has 31 heavy (non-hydrogen) atoms. The zero-order chi connectivity index (χ0) is 21.9. The molecule has 0 fully saturated rings. The molecule has 0 amide bonds. The van der Waals surface area contributed by atoms with Gasteiger partial charge in [0, 0.05) is 26.9 Å². The molecule has 1 N–H and O–H groups in total. The highest BCUT2D eigenvalue weighted by Gasteiger charge is 2.35. The van der Waals surface area contributed by atoms with Crippen LogP contribution in [0.2, 0.25) is 10.0 Å². The van der Waals surface area contributed by atoms with E-state index in [2.05, 4.69) is 44.3 Å². The number of nitrogens with one attached hydrogen (secondary N) is 1. The van der Waals surface area contributed by atoms with Gasteiger partial charge in [-0.05, 0) is 73.9 Å². The summed E-state index contributed by atoms with van der Waals surface area (Å²) >= 11 is 12.7. The van der Waals surface area contributed by atoms with Gasteiger partial charge >= 0.3 is 0 Å². The number of benzene rings is 3. The van der Waals surface area contributed by atoms with Crippen LogP contribution in [0, 0.1) is 0 Å². The minimum absolute atomic E-state index is 0.134. The van der Waals surface area contributed by atoms with E-state index < -0.39 is 0 Å². The van der Waals surface area contributed by atoms with E-state index in [1.165, 1.54) is 5.57 Å². The van der Waals surface area contributed by atoms with Crippen LogP contribution in [0.1, 0.15) is 43.6 Å². The molecule has 1 atom stereocenters. The minimum atomic E-state index is -0.355. The van der Waals surface area contributed by atoms with Gasteiger partial charge in [0.25, 0.3) is 0 Å². The zero-order valence-corrected chi connectivity index (χ0v) is 19.4. The Labute approximate surface area is 192 Å². The van der Waals surface area contributed by atoms with Crippen molar-refractivity contribution >= 4 is 34.5 Å². The van der Waals surface area contributed by atoms with Crippen LogP contribution in [0.25, 0.3) is 16.7 Å². The molecule has 158 valence electrons. The molecule has 2 aliphatic heterocycles. The number of fused-ring (bicyclic) bond motifs is 5. The van der Waals surface area contributed by atoms with Gasteiger partial charge in [-0.15, -0.1) is 0 Å². The number of ether oxygens (including phenoxy) is 2. The molecule has 0 aromatic heterocycles. The second-order valence-corrected chi connectivity index (χ2v) is 9.53. The summed E-state index contributed by atoms with van der Waals surface area (Å²) in [6.07, 6.45) is 1.90. The van der Waals surface area contributed by atoms with Gasteiger partial charge in [0.1, 0.15) is 11.5 Å². The van der Waals surface area contributed by atoms with Crippen LogP contribution in [-0.4, -0.2) is 12.6 Å².